The molecule has 1 aromatic rings. The lowest BCUT2D eigenvalue weighted by atomic mass is 10.1. The Balaban J connectivity index is 1.19. The SMILES string of the molecule is O=C(NCC[C@@H]1C[C@@H]1c1cncc(OC[C@@H]2CCN2)c1)C1CCCC1. The minimum absolute atomic E-state index is 0.274. The molecule has 3 fully saturated rings. The molecule has 0 radical (unpaired) electrons. The Morgan fingerprint density at radius 3 is 2.88 bits per heavy atom. The zero-order valence-electron chi connectivity index (χ0n) is 14.9. The van der Waals surface area contributed by atoms with Crippen LogP contribution in [-0.2, 0) is 4.79 Å². The average Bonchev–Trinajstić information content (AvgIpc) is 3.14. The number of carbonyl (C=O) groups excluding carboxylic acids is 1. The van der Waals surface area contributed by atoms with Gasteiger partial charge in [0, 0.05) is 24.7 Å². The van der Waals surface area contributed by atoms with E-state index >= 15 is 0 Å². The van der Waals surface area contributed by atoms with E-state index in [0.717, 1.165) is 44.7 Å². The van der Waals surface area contributed by atoms with Crippen molar-refractivity contribution in [2.45, 2.75) is 56.9 Å². The number of rotatable bonds is 8. The van der Waals surface area contributed by atoms with Crippen molar-refractivity contribution < 1.29 is 9.53 Å². The first-order chi connectivity index (χ1) is 12.3. The number of pyridine rings is 1. The molecule has 136 valence electrons. The Morgan fingerprint density at radius 2 is 2.12 bits per heavy atom. The number of nitrogens with one attached hydrogen (secondary N) is 2. The minimum Gasteiger partial charge on any atom is -0.490 e. The number of amides is 1. The molecule has 2 saturated carbocycles. The Labute approximate surface area is 149 Å². The Bertz CT molecular complexity index is 596. The third-order valence-electron chi connectivity index (χ3n) is 6.00. The topological polar surface area (TPSA) is 63.2 Å². The molecule has 0 unspecified atom stereocenters. The van der Waals surface area contributed by atoms with Crippen molar-refractivity contribution in [3.63, 3.8) is 0 Å². The predicted molar refractivity (Wildman–Crippen MR) is 96.6 cm³/mol. The van der Waals surface area contributed by atoms with E-state index in [0.29, 0.717) is 17.9 Å². The average molecular weight is 343 g/mol. The first kappa shape index (κ1) is 16.8. The van der Waals surface area contributed by atoms with Gasteiger partial charge in [-0.05, 0) is 62.1 Å². The molecule has 1 aromatic heterocycles. The summed E-state index contributed by atoms with van der Waals surface area (Å²) >= 11 is 0. The van der Waals surface area contributed by atoms with Crippen molar-refractivity contribution in [2.24, 2.45) is 11.8 Å². The van der Waals surface area contributed by atoms with Crippen LogP contribution in [-0.4, -0.2) is 36.6 Å². The summed E-state index contributed by atoms with van der Waals surface area (Å²) in [6.45, 7) is 2.65. The van der Waals surface area contributed by atoms with E-state index in [1.165, 1.54) is 31.2 Å². The van der Waals surface area contributed by atoms with Gasteiger partial charge in [-0.15, -0.1) is 0 Å². The van der Waals surface area contributed by atoms with Crippen LogP contribution in [0.2, 0.25) is 0 Å². The summed E-state index contributed by atoms with van der Waals surface area (Å²) in [6, 6.07) is 2.65. The molecule has 3 aliphatic rings. The number of aromatic nitrogens is 1. The van der Waals surface area contributed by atoms with Crippen molar-refractivity contribution >= 4 is 5.91 Å². The van der Waals surface area contributed by atoms with Crippen LogP contribution in [0.1, 0.15) is 56.4 Å². The Kier molecular flexibility index (Phi) is 5.20. The molecule has 3 atom stereocenters. The number of carbonyl (C=O) groups is 1. The maximum Gasteiger partial charge on any atom is 0.223 e. The molecule has 1 aliphatic heterocycles. The molecule has 0 spiro atoms. The van der Waals surface area contributed by atoms with Gasteiger partial charge < -0.3 is 15.4 Å². The van der Waals surface area contributed by atoms with Crippen LogP contribution in [0.3, 0.4) is 0 Å². The summed E-state index contributed by atoms with van der Waals surface area (Å²) in [4.78, 5) is 16.4. The molecule has 0 aromatic carbocycles. The van der Waals surface area contributed by atoms with Crippen LogP contribution in [0.25, 0.3) is 0 Å². The highest BCUT2D eigenvalue weighted by Gasteiger charge is 2.38. The second-order valence-corrected chi connectivity index (χ2v) is 7.87. The molecule has 4 rings (SSSR count). The first-order valence-corrected chi connectivity index (χ1v) is 9.88. The number of ether oxygens (including phenoxy) is 1. The van der Waals surface area contributed by atoms with Crippen molar-refractivity contribution in [3.05, 3.63) is 24.0 Å². The molecule has 5 heteroatoms. The van der Waals surface area contributed by atoms with Crippen molar-refractivity contribution in [1.82, 2.24) is 15.6 Å². The number of hydrogen-bond donors (Lipinski definition) is 2. The fraction of sp³-hybridized carbons (Fsp3) is 0.700. The summed E-state index contributed by atoms with van der Waals surface area (Å²) in [5.41, 5.74) is 1.28. The monoisotopic (exact) mass is 343 g/mol. The van der Waals surface area contributed by atoms with Crippen LogP contribution >= 0.6 is 0 Å². The van der Waals surface area contributed by atoms with Crippen molar-refractivity contribution in [2.75, 3.05) is 19.7 Å². The zero-order valence-corrected chi connectivity index (χ0v) is 14.9. The maximum atomic E-state index is 12.1. The largest absolute Gasteiger partial charge is 0.490 e. The highest BCUT2D eigenvalue weighted by atomic mass is 16.5. The summed E-state index contributed by atoms with van der Waals surface area (Å²) in [5.74, 6) is 2.69. The summed E-state index contributed by atoms with van der Waals surface area (Å²) < 4.78 is 5.85. The fourth-order valence-corrected chi connectivity index (χ4v) is 4.09. The minimum atomic E-state index is 0.274. The van der Waals surface area contributed by atoms with Crippen LogP contribution in [0.15, 0.2) is 18.5 Å². The molecular weight excluding hydrogens is 314 g/mol. The van der Waals surface area contributed by atoms with Gasteiger partial charge in [0.15, 0.2) is 0 Å². The Morgan fingerprint density at radius 1 is 1.28 bits per heavy atom. The zero-order chi connectivity index (χ0) is 17.1. The first-order valence-electron chi connectivity index (χ1n) is 9.88. The van der Waals surface area contributed by atoms with Gasteiger partial charge in [-0.2, -0.15) is 0 Å². The van der Waals surface area contributed by atoms with E-state index in [1.807, 2.05) is 6.20 Å². The van der Waals surface area contributed by atoms with Crippen LogP contribution in [0.4, 0.5) is 0 Å². The predicted octanol–water partition coefficient (Wildman–Crippen LogP) is 2.62. The highest BCUT2D eigenvalue weighted by molar-refractivity contribution is 5.78. The third kappa shape index (κ3) is 4.32. The van der Waals surface area contributed by atoms with E-state index in [2.05, 4.69) is 21.7 Å². The summed E-state index contributed by atoms with van der Waals surface area (Å²) in [7, 11) is 0. The molecule has 2 aliphatic carbocycles. The van der Waals surface area contributed by atoms with Gasteiger partial charge in [-0.25, -0.2) is 0 Å². The van der Waals surface area contributed by atoms with E-state index < -0.39 is 0 Å². The van der Waals surface area contributed by atoms with Crippen molar-refractivity contribution in [3.8, 4) is 5.75 Å². The van der Waals surface area contributed by atoms with Crippen LogP contribution in [0.5, 0.6) is 5.75 Å². The lowest BCUT2D eigenvalue weighted by Crippen LogP contribution is -2.46. The van der Waals surface area contributed by atoms with Gasteiger partial charge in [0.25, 0.3) is 0 Å². The molecule has 0 bridgehead atoms. The Hall–Kier alpha value is -1.62. The van der Waals surface area contributed by atoms with Gasteiger partial charge in [0.05, 0.1) is 6.20 Å². The van der Waals surface area contributed by atoms with Crippen LogP contribution in [0, 0.1) is 11.8 Å². The second-order valence-electron chi connectivity index (χ2n) is 7.87. The second kappa shape index (κ2) is 7.73. The quantitative estimate of drug-likeness (QED) is 0.762. The fourth-order valence-electron chi connectivity index (χ4n) is 4.09. The van der Waals surface area contributed by atoms with E-state index in [4.69, 9.17) is 4.74 Å². The molecule has 2 N–H and O–H groups in total. The molecular formula is C20H29N3O2. The van der Waals surface area contributed by atoms with Crippen molar-refractivity contribution in [1.29, 1.82) is 0 Å². The van der Waals surface area contributed by atoms with Gasteiger partial charge in [0.2, 0.25) is 5.91 Å². The molecule has 5 nitrogen and oxygen atoms in total. The van der Waals surface area contributed by atoms with Gasteiger partial charge in [-0.1, -0.05) is 12.8 Å². The molecule has 2 heterocycles. The van der Waals surface area contributed by atoms with Gasteiger partial charge in [-0.3, -0.25) is 9.78 Å². The smallest absolute Gasteiger partial charge is 0.223 e. The lowest BCUT2D eigenvalue weighted by Gasteiger charge is -2.27. The summed E-state index contributed by atoms with van der Waals surface area (Å²) in [6.07, 6.45) is 11.8. The number of nitrogens with zero attached hydrogens (tertiary/aromatic N) is 1. The highest BCUT2D eigenvalue weighted by Crippen LogP contribution is 2.49. The lowest BCUT2D eigenvalue weighted by molar-refractivity contribution is -0.124. The molecule has 1 amide bonds. The van der Waals surface area contributed by atoms with E-state index in [-0.39, 0.29) is 11.8 Å². The van der Waals surface area contributed by atoms with Crippen LogP contribution < -0.4 is 15.4 Å². The van der Waals surface area contributed by atoms with Gasteiger partial charge in [0.1, 0.15) is 12.4 Å². The maximum absolute atomic E-state index is 12.1. The molecule has 1 saturated heterocycles. The van der Waals surface area contributed by atoms with E-state index in [1.54, 1.807) is 6.20 Å². The third-order valence-corrected chi connectivity index (χ3v) is 6.00. The normalized spacial score (nSPS) is 28.4. The van der Waals surface area contributed by atoms with E-state index in [9.17, 15) is 4.79 Å². The number of hydrogen-bond acceptors (Lipinski definition) is 4. The van der Waals surface area contributed by atoms with Gasteiger partial charge >= 0.3 is 0 Å². The molecule has 25 heavy (non-hydrogen) atoms. The summed E-state index contributed by atoms with van der Waals surface area (Å²) in [5, 5.41) is 6.48. The standard InChI is InChI=1S/C20H29N3O2/c24-20(14-3-1-2-4-14)23-7-5-15-10-19(15)16-9-18(12-21-11-16)25-13-17-6-8-22-17/h9,11-12,14-15,17,19,22H,1-8,10,13H2,(H,23,24)/t15-,17+,19+/m1/s1.